The quantitative estimate of drug-likeness (QED) is 0.893. The van der Waals surface area contributed by atoms with Gasteiger partial charge in [-0.15, -0.1) is 0 Å². The molecule has 2 aromatic rings. The molecule has 0 amide bonds. The topological polar surface area (TPSA) is 39.7 Å². The molecule has 4 nitrogen and oxygen atoms in total. The van der Waals surface area contributed by atoms with Gasteiger partial charge in [0.15, 0.2) is 17.6 Å². The fourth-order valence-corrected chi connectivity index (χ4v) is 2.93. The number of ether oxygens (including phenoxy) is 3. The van der Waals surface area contributed by atoms with E-state index in [1.165, 1.54) is 0 Å². The second-order valence-electron chi connectivity index (χ2n) is 5.86. The van der Waals surface area contributed by atoms with Crippen LogP contribution in [0.2, 0.25) is 5.02 Å². The van der Waals surface area contributed by atoms with Crippen molar-refractivity contribution >= 4 is 11.6 Å². The monoisotopic (exact) mass is 347 g/mol. The van der Waals surface area contributed by atoms with Crippen molar-refractivity contribution < 1.29 is 14.2 Å². The average molecular weight is 348 g/mol. The maximum absolute atomic E-state index is 6.32. The Hall–Kier alpha value is -1.75. The number of rotatable bonds is 5. The third kappa shape index (κ3) is 4.01. The number of benzene rings is 2. The lowest BCUT2D eigenvalue weighted by atomic mass is 10.0. The second-order valence-corrected chi connectivity index (χ2v) is 6.29. The third-order valence-corrected chi connectivity index (χ3v) is 4.32. The van der Waals surface area contributed by atoms with Crippen LogP contribution in [0, 0.1) is 6.92 Å². The molecule has 3 rings (SSSR count). The van der Waals surface area contributed by atoms with Crippen LogP contribution in [0.5, 0.6) is 11.5 Å². The zero-order chi connectivity index (χ0) is 16.9. The SMILES string of the molecule is COc1cc(C)ccc1O[C@@H](c1ccc(Cl)cc1)C1CNCCO1. The van der Waals surface area contributed by atoms with E-state index in [0.29, 0.717) is 17.4 Å². The van der Waals surface area contributed by atoms with Crippen molar-refractivity contribution in [1.82, 2.24) is 5.32 Å². The molecule has 0 aromatic heterocycles. The summed E-state index contributed by atoms with van der Waals surface area (Å²) >= 11 is 6.02. The van der Waals surface area contributed by atoms with E-state index >= 15 is 0 Å². The Morgan fingerprint density at radius 1 is 1.17 bits per heavy atom. The molecule has 0 aliphatic carbocycles. The highest BCUT2D eigenvalue weighted by Gasteiger charge is 2.28. The van der Waals surface area contributed by atoms with Crippen molar-refractivity contribution in [2.75, 3.05) is 26.8 Å². The molecule has 1 unspecified atom stereocenters. The summed E-state index contributed by atoms with van der Waals surface area (Å²) < 4.78 is 17.7. The summed E-state index contributed by atoms with van der Waals surface area (Å²) in [5.41, 5.74) is 2.15. The molecule has 128 valence electrons. The number of halogens is 1. The maximum Gasteiger partial charge on any atom is 0.162 e. The van der Waals surface area contributed by atoms with E-state index in [4.69, 9.17) is 25.8 Å². The van der Waals surface area contributed by atoms with Gasteiger partial charge in [-0.1, -0.05) is 29.8 Å². The summed E-state index contributed by atoms with van der Waals surface area (Å²) in [5, 5.41) is 4.06. The van der Waals surface area contributed by atoms with Gasteiger partial charge in [-0.25, -0.2) is 0 Å². The molecule has 24 heavy (non-hydrogen) atoms. The van der Waals surface area contributed by atoms with Crippen LogP contribution in [0.3, 0.4) is 0 Å². The van der Waals surface area contributed by atoms with Gasteiger partial charge in [0.25, 0.3) is 0 Å². The molecule has 1 aliphatic heterocycles. The smallest absolute Gasteiger partial charge is 0.162 e. The van der Waals surface area contributed by atoms with Gasteiger partial charge in [-0.2, -0.15) is 0 Å². The van der Waals surface area contributed by atoms with E-state index in [9.17, 15) is 0 Å². The number of aryl methyl sites for hydroxylation is 1. The lowest BCUT2D eigenvalue weighted by Gasteiger charge is -2.32. The summed E-state index contributed by atoms with van der Waals surface area (Å²) in [4.78, 5) is 0. The predicted molar refractivity (Wildman–Crippen MR) is 95.2 cm³/mol. The molecule has 2 aromatic carbocycles. The van der Waals surface area contributed by atoms with Gasteiger partial charge in [0.05, 0.1) is 13.7 Å². The minimum Gasteiger partial charge on any atom is -0.493 e. The summed E-state index contributed by atoms with van der Waals surface area (Å²) in [6, 6.07) is 13.6. The molecule has 0 bridgehead atoms. The van der Waals surface area contributed by atoms with E-state index in [1.54, 1.807) is 7.11 Å². The van der Waals surface area contributed by atoms with Gasteiger partial charge in [-0.05, 0) is 42.3 Å². The van der Waals surface area contributed by atoms with Crippen LogP contribution >= 0.6 is 11.6 Å². The molecule has 2 atom stereocenters. The van der Waals surface area contributed by atoms with Crippen LogP contribution in [0.1, 0.15) is 17.2 Å². The highest BCUT2D eigenvalue weighted by Crippen LogP contribution is 2.34. The first-order valence-corrected chi connectivity index (χ1v) is 8.44. The van der Waals surface area contributed by atoms with Crippen LogP contribution < -0.4 is 14.8 Å². The molecule has 0 radical (unpaired) electrons. The predicted octanol–water partition coefficient (Wildman–Crippen LogP) is 3.77. The van der Waals surface area contributed by atoms with Crippen molar-refractivity contribution in [3.05, 3.63) is 58.6 Å². The average Bonchev–Trinajstić information content (AvgIpc) is 2.62. The van der Waals surface area contributed by atoms with Crippen molar-refractivity contribution in [2.45, 2.75) is 19.1 Å². The van der Waals surface area contributed by atoms with E-state index in [-0.39, 0.29) is 12.2 Å². The molecule has 5 heteroatoms. The first-order valence-electron chi connectivity index (χ1n) is 8.06. The summed E-state index contributed by atoms with van der Waals surface area (Å²) in [5.74, 6) is 1.43. The van der Waals surface area contributed by atoms with Gasteiger partial charge < -0.3 is 19.5 Å². The van der Waals surface area contributed by atoms with Gasteiger partial charge in [-0.3, -0.25) is 0 Å². The number of hydrogen-bond donors (Lipinski definition) is 1. The van der Waals surface area contributed by atoms with E-state index in [1.807, 2.05) is 49.4 Å². The van der Waals surface area contributed by atoms with Crippen molar-refractivity contribution in [3.8, 4) is 11.5 Å². The minimum atomic E-state index is -0.244. The van der Waals surface area contributed by atoms with Crippen molar-refractivity contribution in [2.24, 2.45) is 0 Å². The Morgan fingerprint density at radius 2 is 1.96 bits per heavy atom. The summed E-state index contributed by atoms with van der Waals surface area (Å²) in [6.07, 6.45) is -0.322. The highest BCUT2D eigenvalue weighted by molar-refractivity contribution is 6.30. The zero-order valence-corrected chi connectivity index (χ0v) is 14.7. The largest absolute Gasteiger partial charge is 0.493 e. The number of methoxy groups -OCH3 is 1. The first-order chi connectivity index (χ1) is 11.7. The first kappa shape index (κ1) is 17.1. The van der Waals surface area contributed by atoms with Crippen LogP contribution in [-0.4, -0.2) is 32.9 Å². The van der Waals surface area contributed by atoms with Crippen molar-refractivity contribution in [1.29, 1.82) is 0 Å². The number of hydrogen-bond acceptors (Lipinski definition) is 4. The maximum atomic E-state index is 6.32. The fraction of sp³-hybridized carbons (Fsp3) is 0.368. The van der Waals surface area contributed by atoms with Crippen LogP contribution in [0.15, 0.2) is 42.5 Å². The van der Waals surface area contributed by atoms with Gasteiger partial charge in [0.2, 0.25) is 0 Å². The van der Waals surface area contributed by atoms with Crippen LogP contribution in [0.4, 0.5) is 0 Å². The van der Waals surface area contributed by atoms with Crippen LogP contribution in [-0.2, 0) is 4.74 Å². The Balaban J connectivity index is 1.91. The molecule has 0 saturated carbocycles. The Bertz CT molecular complexity index is 669. The van der Waals surface area contributed by atoms with E-state index in [2.05, 4.69) is 5.32 Å². The molecular weight excluding hydrogens is 326 g/mol. The van der Waals surface area contributed by atoms with E-state index in [0.717, 1.165) is 30.0 Å². The van der Waals surface area contributed by atoms with E-state index < -0.39 is 0 Å². The fourth-order valence-electron chi connectivity index (χ4n) is 2.80. The molecule has 1 aliphatic rings. The standard InChI is InChI=1S/C19H22ClNO3/c1-13-3-8-16(17(11-13)22-2)24-19(18-12-21-9-10-23-18)14-4-6-15(20)7-5-14/h3-8,11,18-19,21H,9-10,12H2,1-2H3/t18?,19-/m0/s1. The van der Waals surface area contributed by atoms with Gasteiger partial charge in [0, 0.05) is 18.1 Å². The molecule has 1 saturated heterocycles. The third-order valence-electron chi connectivity index (χ3n) is 4.07. The Labute approximate surface area is 147 Å². The molecule has 1 fully saturated rings. The lowest BCUT2D eigenvalue weighted by molar-refractivity contribution is -0.0438. The summed E-state index contributed by atoms with van der Waals surface area (Å²) in [7, 11) is 1.65. The molecule has 1 N–H and O–H groups in total. The zero-order valence-electron chi connectivity index (χ0n) is 13.9. The summed E-state index contributed by atoms with van der Waals surface area (Å²) in [6.45, 7) is 4.29. The number of nitrogens with one attached hydrogen (secondary N) is 1. The molecule has 1 heterocycles. The second kappa shape index (κ2) is 7.88. The van der Waals surface area contributed by atoms with Gasteiger partial charge >= 0.3 is 0 Å². The van der Waals surface area contributed by atoms with Gasteiger partial charge in [0.1, 0.15) is 6.10 Å². The molecule has 0 spiro atoms. The van der Waals surface area contributed by atoms with Crippen molar-refractivity contribution in [3.63, 3.8) is 0 Å². The van der Waals surface area contributed by atoms with Crippen LogP contribution in [0.25, 0.3) is 0 Å². The lowest BCUT2D eigenvalue weighted by Crippen LogP contribution is -2.43. The molecular formula is C19H22ClNO3. The highest BCUT2D eigenvalue weighted by atomic mass is 35.5. The Morgan fingerprint density at radius 3 is 2.62 bits per heavy atom. The Kier molecular flexibility index (Phi) is 5.61. The number of morpholine rings is 1. The normalized spacial score (nSPS) is 18.9. The minimum absolute atomic E-state index is 0.0778.